The molecule has 2 aromatic rings. The number of ether oxygens (including phenoxy) is 1. The second-order valence-electron chi connectivity index (χ2n) is 10.2. The van der Waals surface area contributed by atoms with Crippen molar-refractivity contribution < 1.29 is 17.9 Å². The van der Waals surface area contributed by atoms with Crippen molar-refractivity contribution in [2.45, 2.75) is 63.3 Å². The van der Waals surface area contributed by atoms with Gasteiger partial charge in [-0.3, -0.25) is 4.79 Å². The number of sulfonamides is 1. The molecule has 2 aliphatic rings. The molecule has 2 heterocycles. The van der Waals surface area contributed by atoms with Gasteiger partial charge in [-0.25, -0.2) is 8.42 Å². The second kappa shape index (κ2) is 11.6. The molecular weight excluding hydrogens is 474 g/mol. The van der Waals surface area contributed by atoms with Crippen LogP contribution in [0, 0.1) is 5.92 Å². The first-order chi connectivity index (χ1) is 17.3. The van der Waals surface area contributed by atoms with Crippen molar-refractivity contribution in [2.75, 3.05) is 38.2 Å². The predicted molar refractivity (Wildman–Crippen MR) is 143 cm³/mol. The third-order valence-corrected chi connectivity index (χ3v) is 9.26. The third kappa shape index (κ3) is 6.21. The molecule has 0 aromatic heterocycles. The minimum Gasteiger partial charge on any atom is -0.496 e. The molecule has 7 nitrogen and oxygen atoms in total. The summed E-state index contributed by atoms with van der Waals surface area (Å²) < 4.78 is 32.9. The molecule has 196 valence electrons. The molecule has 2 aliphatic heterocycles. The van der Waals surface area contributed by atoms with Crippen molar-refractivity contribution in [3.8, 4) is 5.75 Å². The van der Waals surface area contributed by atoms with Crippen molar-refractivity contribution >= 4 is 21.6 Å². The molecule has 1 N–H and O–H groups in total. The van der Waals surface area contributed by atoms with Gasteiger partial charge in [0.1, 0.15) is 5.75 Å². The maximum Gasteiger partial charge on any atom is 0.243 e. The van der Waals surface area contributed by atoms with Crippen LogP contribution in [0.4, 0.5) is 5.69 Å². The van der Waals surface area contributed by atoms with E-state index in [-0.39, 0.29) is 23.3 Å². The van der Waals surface area contributed by atoms with Crippen molar-refractivity contribution in [2.24, 2.45) is 5.92 Å². The van der Waals surface area contributed by atoms with Crippen LogP contribution >= 0.6 is 0 Å². The largest absolute Gasteiger partial charge is 0.496 e. The number of piperidine rings is 1. The van der Waals surface area contributed by atoms with Crippen LogP contribution in [0.3, 0.4) is 0 Å². The topological polar surface area (TPSA) is 79.0 Å². The Kier molecular flexibility index (Phi) is 8.57. The zero-order valence-corrected chi connectivity index (χ0v) is 22.5. The summed E-state index contributed by atoms with van der Waals surface area (Å²) in [6.45, 7) is 7.59. The number of carbonyl (C=O) groups excluding carboxylic acids is 1. The molecule has 4 rings (SSSR count). The highest BCUT2D eigenvalue weighted by atomic mass is 32.2. The second-order valence-corrected chi connectivity index (χ2v) is 12.1. The molecule has 8 heteroatoms. The monoisotopic (exact) mass is 513 g/mol. The number of nitrogens with one attached hydrogen (secondary N) is 1. The van der Waals surface area contributed by atoms with E-state index in [2.05, 4.69) is 41.4 Å². The van der Waals surface area contributed by atoms with E-state index in [0.29, 0.717) is 25.3 Å². The van der Waals surface area contributed by atoms with Gasteiger partial charge in [0.2, 0.25) is 15.9 Å². The average Bonchev–Trinajstić information content (AvgIpc) is 3.43. The summed E-state index contributed by atoms with van der Waals surface area (Å²) in [5.74, 6) is 1.24. The zero-order valence-electron chi connectivity index (χ0n) is 21.7. The Labute approximate surface area is 215 Å². The first-order valence-electron chi connectivity index (χ1n) is 13.1. The van der Waals surface area contributed by atoms with E-state index >= 15 is 0 Å². The lowest BCUT2D eigenvalue weighted by atomic mass is 9.99. The van der Waals surface area contributed by atoms with Crippen LogP contribution in [0.1, 0.15) is 63.1 Å². The number of hydrogen-bond acceptors (Lipinski definition) is 5. The Bertz CT molecular complexity index is 1140. The lowest BCUT2D eigenvalue weighted by Gasteiger charge is -2.33. The molecule has 0 radical (unpaired) electrons. The van der Waals surface area contributed by atoms with Gasteiger partial charge in [-0.2, -0.15) is 4.31 Å². The Balaban J connectivity index is 1.36. The maximum absolute atomic E-state index is 13.0. The van der Waals surface area contributed by atoms with Crippen molar-refractivity contribution in [3.05, 3.63) is 53.6 Å². The smallest absolute Gasteiger partial charge is 0.243 e. The van der Waals surface area contributed by atoms with Crippen LogP contribution in [-0.4, -0.2) is 51.9 Å². The zero-order chi connectivity index (χ0) is 25.7. The summed E-state index contributed by atoms with van der Waals surface area (Å²) in [5.41, 5.74) is 3.02. The van der Waals surface area contributed by atoms with E-state index in [1.165, 1.54) is 22.8 Å². The van der Waals surface area contributed by atoms with Crippen LogP contribution in [0.15, 0.2) is 47.4 Å². The Morgan fingerprint density at radius 2 is 1.81 bits per heavy atom. The molecule has 0 bridgehead atoms. The highest BCUT2D eigenvalue weighted by Crippen LogP contribution is 2.28. The Morgan fingerprint density at radius 3 is 2.47 bits per heavy atom. The molecule has 0 aliphatic carbocycles. The number of aryl methyl sites for hydroxylation is 1. The van der Waals surface area contributed by atoms with E-state index in [1.807, 2.05) is 6.92 Å². The fourth-order valence-corrected chi connectivity index (χ4v) is 6.80. The van der Waals surface area contributed by atoms with Crippen molar-refractivity contribution in [3.63, 3.8) is 0 Å². The van der Waals surface area contributed by atoms with E-state index in [4.69, 9.17) is 4.74 Å². The third-order valence-electron chi connectivity index (χ3n) is 7.37. The molecule has 2 fully saturated rings. The first-order valence-corrected chi connectivity index (χ1v) is 14.5. The van der Waals surface area contributed by atoms with E-state index < -0.39 is 10.0 Å². The van der Waals surface area contributed by atoms with E-state index in [1.54, 1.807) is 25.3 Å². The number of anilines is 1. The van der Waals surface area contributed by atoms with Gasteiger partial charge in [-0.05, 0) is 86.4 Å². The fraction of sp³-hybridized carbons (Fsp3) is 0.536. The van der Waals surface area contributed by atoms with Gasteiger partial charge >= 0.3 is 0 Å². The number of hydrogen-bond donors (Lipinski definition) is 1. The summed E-state index contributed by atoms with van der Waals surface area (Å²) in [5, 5.41) is 3.08. The quantitative estimate of drug-likeness (QED) is 0.533. The lowest BCUT2D eigenvalue weighted by Crippen LogP contribution is -2.34. The summed E-state index contributed by atoms with van der Waals surface area (Å²) in [7, 11) is -1.96. The number of methoxy groups -OCH3 is 1. The van der Waals surface area contributed by atoms with Crippen LogP contribution in [0.5, 0.6) is 5.75 Å². The number of carbonyl (C=O) groups is 1. The normalized spacial score (nSPS) is 19.8. The van der Waals surface area contributed by atoms with Gasteiger partial charge in [-0.1, -0.05) is 19.1 Å². The van der Waals surface area contributed by atoms with E-state index in [0.717, 1.165) is 43.0 Å². The van der Waals surface area contributed by atoms with Crippen LogP contribution < -0.4 is 15.0 Å². The highest BCUT2D eigenvalue weighted by Gasteiger charge is 2.28. The summed E-state index contributed by atoms with van der Waals surface area (Å²) in [4.78, 5) is 15.5. The Hall–Kier alpha value is -2.58. The average molecular weight is 514 g/mol. The van der Waals surface area contributed by atoms with Gasteiger partial charge in [0.05, 0.1) is 18.0 Å². The van der Waals surface area contributed by atoms with Gasteiger partial charge < -0.3 is 15.0 Å². The number of amides is 1. The van der Waals surface area contributed by atoms with Gasteiger partial charge in [0, 0.05) is 38.3 Å². The SMILES string of the molecule is COc1ccc(S(=O)(=O)N2CCCC2)cc1CCC(=O)N[C@H](C)c1ccc(N2CCC[C@@H](C)C2)cc1. The van der Waals surface area contributed by atoms with Gasteiger partial charge in [0.25, 0.3) is 0 Å². The van der Waals surface area contributed by atoms with Crippen LogP contribution in [0.25, 0.3) is 0 Å². The molecule has 36 heavy (non-hydrogen) atoms. The lowest BCUT2D eigenvalue weighted by molar-refractivity contribution is -0.121. The fourth-order valence-electron chi connectivity index (χ4n) is 5.23. The molecular formula is C28H39N3O4S. The van der Waals surface area contributed by atoms with Crippen LogP contribution in [-0.2, 0) is 21.2 Å². The predicted octanol–water partition coefficient (Wildman–Crippen LogP) is 4.53. The van der Waals surface area contributed by atoms with E-state index in [9.17, 15) is 13.2 Å². The molecule has 2 aromatic carbocycles. The maximum atomic E-state index is 13.0. The first kappa shape index (κ1) is 26.5. The minimum atomic E-state index is -3.52. The van der Waals surface area contributed by atoms with Gasteiger partial charge in [-0.15, -0.1) is 0 Å². The molecule has 2 saturated heterocycles. The minimum absolute atomic E-state index is 0.0775. The molecule has 2 atom stereocenters. The Morgan fingerprint density at radius 1 is 1.08 bits per heavy atom. The number of nitrogens with zero attached hydrogens (tertiary/aromatic N) is 2. The molecule has 0 saturated carbocycles. The number of rotatable bonds is 9. The number of benzene rings is 2. The molecule has 0 unspecified atom stereocenters. The van der Waals surface area contributed by atoms with Crippen molar-refractivity contribution in [1.82, 2.24) is 9.62 Å². The van der Waals surface area contributed by atoms with Crippen LogP contribution in [0.2, 0.25) is 0 Å². The molecule has 1 amide bonds. The van der Waals surface area contributed by atoms with Gasteiger partial charge in [0.15, 0.2) is 0 Å². The standard InChI is InChI=1S/C28H39N3O4S/c1-21-7-6-16-30(20-21)25-11-8-23(9-12-25)22(2)29-28(32)15-10-24-19-26(13-14-27(24)35-3)36(33,34)31-17-4-5-18-31/h8-9,11-14,19,21-22H,4-7,10,15-18,20H2,1-3H3,(H,29,32)/t21-,22-/m1/s1. The van der Waals surface area contributed by atoms with Crippen molar-refractivity contribution in [1.29, 1.82) is 0 Å². The highest BCUT2D eigenvalue weighted by molar-refractivity contribution is 7.89. The summed E-state index contributed by atoms with van der Waals surface area (Å²) in [6.07, 6.45) is 4.95. The summed E-state index contributed by atoms with van der Waals surface area (Å²) in [6, 6.07) is 13.3. The molecule has 0 spiro atoms. The summed E-state index contributed by atoms with van der Waals surface area (Å²) >= 11 is 0.